The van der Waals surface area contributed by atoms with E-state index in [2.05, 4.69) is 33.9 Å². The lowest BCUT2D eigenvalue weighted by Crippen LogP contribution is -2.29. The molecule has 1 amide bonds. The van der Waals surface area contributed by atoms with Crippen molar-refractivity contribution in [3.05, 3.63) is 46.9 Å². The van der Waals surface area contributed by atoms with Gasteiger partial charge >= 0.3 is 12.1 Å². The molecule has 2 heterocycles. The van der Waals surface area contributed by atoms with Crippen LogP contribution in [0, 0.1) is 12.8 Å². The van der Waals surface area contributed by atoms with Gasteiger partial charge in [0.1, 0.15) is 23.3 Å². The Hall–Kier alpha value is -2.54. The summed E-state index contributed by atoms with van der Waals surface area (Å²) >= 11 is 1.69. The third-order valence-electron chi connectivity index (χ3n) is 8.73. The quantitative estimate of drug-likeness (QED) is 0.0466. The van der Waals surface area contributed by atoms with Gasteiger partial charge in [-0.1, -0.05) is 113 Å². The normalized spacial score (nSPS) is 15.7. The average molecular weight is 739 g/mol. The molecule has 10 nitrogen and oxygen atoms in total. The maximum Gasteiger partial charge on any atom is 0.407 e. The van der Waals surface area contributed by atoms with E-state index < -0.39 is 10.1 Å². The fraction of sp³-hybridized carbons (Fsp3) is 0.711. The number of esters is 1. The molecule has 2 atom stereocenters. The van der Waals surface area contributed by atoms with Gasteiger partial charge in [0.25, 0.3) is 0 Å². The standard InChI is InChI=1S/C31H54N2O5S.C7H8O3S/c1-2-3-4-5-6-7-8-9-10-11-12-13-16-19-32-31(35)38-25-28-23-29(36-24-28)26-37-30(34)18-15-14-17-20-33-21-22-39-27-33;1-6-2-4-7(5-3-6)11(8,9)10/h21-22,27-29H,2-20,23-26H2,1H3;2-5H,1H3,(H,8,9,10)/t28-,29+;/m0./s1. The van der Waals surface area contributed by atoms with Gasteiger partial charge in [0.15, 0.2) is 6.20 Å². The summed E-state index contributed by atoms with van der Waals surface area (Å²) in [6.07, 6.45) is 22.9. The summed E-state index contributed by atoms with van der Waals surface area (Å²) < 4.78 is 49.8. The zero-order chi connectivity index (χ0) is 36.3. The SMILES string of the molecule is CCCCCCCCCCCCCCCNC(=O)OC[C@@H]1CO[C@@H](COC(=O)CCCCC[n+]2ccsc2)C1.Cc1ccc(S(=O)(=O)[O-])cc1. The van der Waals surface area contributed by atoms with Crippen LogP contribution in [0.15, 0.2) is 46.2 Å². The minimum absolute atomic E-state index is 0.105. The largest absolute Gasteiger partial charge is 0.744 e. The van der Waals surface area contributed by atoms with E-state index in [4.69, 9.17) is 14.2 Å². The molecule has 0 radical (unpaired) electrons. The van der Waals surface area contributed by atoms with Crippen molar-refractivity contribution in [3.8, 4) is 0 Å². The number of rotatable bonds is 25. The van der Waals surface area contributed by atoms with Crippen LogP contribution in [0.3, 0.4) is 0 Å². The maximum absolute atomic E-state index is 12.0. The molecule has 0 saturated carbocycles. The van der Waals surface area contributed by atoms with Gasteiger partial charge in [0.2, 0.25) is 5.51 Å². The van der Waals surface area contributed by atoms with E-state index in [0.29, 0.717) is 26.2 Å². The van der Waals surface area contributed by atoms with E-state index >= 15 is 0 Å². The van der Waals surface area contributed by atoms with Crippen LogP contribution >= 0.6 is 11.3 Å². The molecule has 0 bridgehead atoms. The number of carbonyl (C=O) groups is 2. The van der Waals surface area contributed by atoms with Crippen molar-refractivity contribution >= 4 is 33.5 Å². The molecule has 12 heteroatoms. The lowest BCUT2D eigenvalue weighted by Gasteiger charge is -2.11. The van der Waals surface area contributed by atoms with Crippen molar-refractivity contribution in [1.82, 2.24) is 5.32 Å². The Morgan fingerprint density at radius 1 is 0.880 bits per heavy atom. The van der Waals surface area contributed by atoms with Gasteiger partial charge in [-0.25, -0.2) is 13.2 Å². The Bertz CT molecular complexity index is 1260. The van der Waals surface area contributed by atoms with Gasteiger partial charge in [-0.15, -0.1) is 0 Å². The third-order valence-corrected chi connectivity index (χ3v) is 10.2. The second kappa shape index (κ2) is 27.2. The van der Waals surface area contributed by atoms with E-state index in [0.717, 1.165) is 50.6 Å². The molecule has 1 fully saturated rings. The fourth-order valence-electron chi connectivity index (χ4n) is 5.68. The molecule has 3 rings (SSSR count). The number of amides is 1. The first-order valence-corrected chi connectivity index (χ1v) is 21.1. The summed E-state index contributed by atoms with van der Waals surface area (Å²) in [5.41, 5.74) is 3.03. The molecule has 1 aliphatic heterocycles. The molecule has 284 valence electrons. The number of nitrogens with one attached hydrogen (secondary N) is 1. The number of ether oxygens (including phenoxy) is 3. The Labute approximate surface area is 305 Å². The van der Waals surface area contributed by atoms with Gasteiger partial charge in [-0.3, -0.25) is 4.79 Å². The zero-order valence-electron chi connectivity index (χ0n) is 30.5. The molecular formula is C38H62N2O8S2. The predicted octanol–water partition coefficient (Wildman–Crippen LogP) is 8.26. The van der Waals surface area contributed by atoms with Crippen molar-refractivity contribution in [1.29, 1.82) is 0 Å². The highest BCUT2D eigenvalue weighted by Crippen LogP contribution is 2.20. The average Bonchev–Trinajstić information content (AvgIpc) is 3.79. The van der Waals surface area contributed by atoms with Gasteiger partial charge in [0.05, 0.1) is 29.6 Å². The van der Waals surface area contributed by atoms with Crippen molar-refractivity contribution in [2.75, 3.05) is 26.4 Å². The smallest absolute Gasteiger partial charge is 0.407 e. The molecule has 1 saturated heterocycles. The predicted molar refractivity (Wildman–Crippen MR) is 196 cm³/mol. The summed E-state index contributed by atoms with van der Waals surface area (Å²) in [6, 6.07) is 5.78. The van der Waals surface area contributed by atoms with Crippen molar-refractivity contribution < 1.29 is 41.3 Å². The van der Waals surface area contributed by atoms with Crippen LogP contribution < -0.4 is 9.88 Å². The number of hydrogen-bond donors (Lipinski definition) is 1. The lowest BCUT2D eigenvalue weighted by molar-refractivity contribution is -0.692. The van der Waals surface area contributed by atoms with Crippen LogP contribution in [0.1, 0.15) is 128 Å². The lowest BCUT2D eigenvalue weighted by atomic mass is 10.0. The Kier molecular flexibility index (Phi) is 23.7. The highest BCUT2D eigenvalue weighted by molar-refractivity contribution is 7.85. The minimum Gasteiger partial charge on any atom is -0.744 e. The number of benzene rings is 1. The summed E-state index contributed by atoms with van der Waals surface area (Å²) in [5, 5.41) is 4.93. The van der Waals surface area contributed by atoms with Gasteiger partial charge in [-0.05, 0) is 44.7 Å². The number of aryl methyl sites for hydroxylation is 2. The van der Waals surface area contributed by atoms with E-state index in [1.807, 2.05) is 6.92 Å². The molecule has 0 spiro atoms. The number of carbonyl (C=O) groups excluding carboxylic acids is 2. The number of unbranched alkanes of at least 4 members (excludes halogenated alkanes) is 14. The fourth-order valence-corrected chi connectivity index (χ4v) is 6.78. The molecule has 0 aliphatic carbocycles. The Morgan fingerprint density at radius 2 is 1.50 bits per heavy atom. The number of aromatic nitrogens is 1. The second-order valence-corrected chi connectivity index (χ2v) is 15.5. The zero-order valence-corrected chi connectivity index (χ0v) is 32.1. The second-order valence-electron chi connectivity index (χ2n) is 13.4. The molecule has 50 heavy (non-hydrogen) atoms. The van der Waals surface area contributed by atoms with Crippen molar-refractivity contribution in [3.63, 3.8) is 0 Å². The number of thiazole rings is 1. The van der Waals surface area contributed by atoms with Crippen molar-refractivity contribution in [2.24, 2.45) is 5.92 Å². The van der Waals surface area contributed by atoms with Crippen LogP contribution in [0.5, 0.6) is 0 Å². The summed E-state index contributed by atoms with van der Waals surface area (Å²) in [6.45, 7) is 6.92. The van der Waals surface area contributed by atoms with E-state index in [-0.39, 0.29) is 35.6 Å². The monoisotopic (exact) mass is 738 g/mol. The topological polar surface area (TPSA) is 135 Å². The van der Waals surface area contributed by atoms with Crippen LogP contribution in [0.2, 0.25) is 0 Å². The molecule has 1 aromatic carbocycles. The number of hydrogen-bond acceptors (Lipinski definition) is 9. The van der Waals surface area contributed by atoms with Crippen LogP contribution in [0.25, 0.3) is 0 Å². The van der Waals surface area contributed by atoms with Gasteiger partial charge in [0, 0.05) is 25.3 Å². The Morgan fingerprint density at radius 3 is 2.10 bits per heavy atom. The Balaban J connectivity index is 0.000000666. The number of alkyl carbamates (subject to hydrolysis) is 1. The highest BCUT2D eigenvalue weighted by Gasteiger charge is 2.27. The summed E-state index contributed by atoms with van der Waals surface area (Å²) in [5.74, 6) is -0.000530. The minimum atomic E-state index is -4.27. The van der Waals surface area contributed by atoms with E-state index in [1.165, 1.54) is 82.8 Å². The first kappa shape index (κ1) is 43.6. The van der Waals surface area contributed by atoms with Gasteiger partial charge < -0.3 is 24.1 Å². The third kappa shape index (κ3) is 22.3. The van der Waals surface area contributed by atoms with Crippen molar-refractivity contribution in [2.45, 2.75) is 147 Å². The van der Waals surface area contributed by atoms with E-state index in [1.54, 1.807) is 23.5 Å². The highest BCUT2D eigenvalue weighted by atomic mass is 32.2. The summed E-state index contributed by atoms with van der Waals surface area (Å²) in [4.78, 5) is 23.8. The molecule has 2 aromatic rings. The van der Waals surface area contributed by atoms with Crippen LogP contribution in [-0.2, 0) is 35.7 Å². The molecule has 1 aromatic heterocycles. The first-order valence-electron chi connectivity index (χ1n) is 18.8. The molecule has 1 N–H and O–H groups in total. The summed E-state index contributed by atoms with van der Waals surface area (Å²) in [7, 11) is -4.27. The number of nitrogens with zero attached hydrogens (tertiary/aromatic N) is 1. The van der Waals surface area contributed by atoms with Crippen LogP contribution in [-0.4, -0.2) is 57.5 Å². The molecular weight excluding hydrogens is 677 g/mol. The molecule has 0 unspecified atom stereocenters. The molecule has 1 aliphatic rings. The maximum atomic E-state index is 12.0. The van der Waals surface area contributed by atoms with E-state index in [9.17, 15) is 22.6 Å². The van der Waals surface area contributed by atoms with Crippen LogP contribution in [0.4, 0.5) is 4.79 Å². The van der Waals surface area contributed by atoms with Gasteiger partial charge in [-0.2, -0.15) is 4.57 Å². The first-order chi connectivity index (χ1) is 24.2.